The van der Waals surface area contributed by atoms with Crippen LogP contribution in [0.4, 0.5) is 10.1 Å². The summed E-state index contributed by atoms with van der Waals surface area (Å²) in [5.41, 5.74) is 8.03. The van der Waals surface area contributed by atoms with E-state index in [0.717, 1.165) is 30.4 Å². The molecule has 12 heavy (non-hydrogen) atoms. The molecule has 0 saturated carbocycles. The largest absolute Gasteiger partial charge is 1.00 e. The van der Waals surface area contributed by atoms with Crippen molar-refractivity contribution < 1.29 is 62.6 Å². The number of hydrogen-bond donors (Lipinski definition) is 1. The SMILES string of the molecule is Nc1[c-]cc(F)c2c1CCC2.[Rb+]. The van der Waals surface area contributed by atoms with E-state index in [1.807, 2.05) is 0 Å². The van der Waals surface area contributed by atoms with Gasteiger partial charge in [0.05, 0.1) is 0 Å². The van der Waals surface area contributed by atoms with Gasteiger partial charge in [-0.25, -0.2) is 0 Å². The van der Waals surface area contributed by atoms with E-state index in [9.17, 15) is 4.39 Å². The van der Waals surface area contributed by atoms with Crippen LogP contribution in [0.1, 0.15) is 17.5 Å². The molecule has 0 aromatic heterocycles. The van der Waals surface area contributed by atoms with E-state index in [1.54, 1.807) is 0 Å². The Labute approximate surface area is 120 Å². The molecule has 58 valence electrons. The van der Waals surface area contributed by atoms with E-state index in [1.165, 1.54) is 6.07 Å². The Morgan fingerprint density at radius 3 is 2.67 bits per heavy atom. The monoisotopic (exact) mass is 235 g/mol. The fourth-order valence-electron chi connectivity index (χ4n) is 1.62. The van der Waals surface area contributed by atoms with Crippen molar-refractivity contribution in [1.29, 1.82) is 0 Å². The number of nitrogens with two attached hydrogens (primary N) is 1. The summed E-state index contributed by atoms with van der Waals surface area (Å²) in [4.78, 5) is 0. The van der Waals surface area contributed by atoms with Gasteiger partial charge in [0.2, 0.25) is 0 Å². The van der Waals surface area contributed by atoms with Gasteiger partial charge in [-0.1, -0.05) is 18.5 Å². The Morgan fingerprint density at radius 2 is 2.00 bits per heavy atom. The molecule has 0 fully saturated rings. The summed E-state index contributed by atoms with van der Waals surface area (Å²) in [7, 11) is 0. The fourth-order valence-corrected chi connectivity index (χ4v) is 1.62. The van der Waals surface area contributed by atoms with E-state index in [4.69, 9.17) is 5.73 Å². The van der Waals surface area contributed by atoms with Crippen LogP contribution in [0.3, 0.4) is 0 Å². The Kier molecular flexibility index (Phi) is 3.89. The molecule has 1 nitrogen and oxygen atoms in total. The molecule has 0 atom stereocenters. The molecule has 0 aliphatic heterocycles. The normalized spacial score (nSPS) is 13.8. The first-order valence-corrected chi connectivity index (χ1v) is 3.76. The van der Waals surface area contributed by atoms with E-state index in [0.29, 0.717) is 5.69 Å². The molecule has 1 aliphatic rings. The Morgan fingerprint density at radius 1 is 1.33 bits per heavy atom. The van der Waals surface area contributed by atoms with Gasteiger partial charge in [0.15, 0.2) is 0 Å². The minimum atomic E-state index is -0.147. The summed E-state index contributed by atoms with van der Waals surface area (Å²) < 4.78 is 13.0. The second kappa shape index (κ2) is 4.31. The first kappa shape index (κ1) is 10.8. The van der Waals surface area contributed by atoms with Crippen molar-refractivity contribution in [1.82, 2.24) is 0 Å². The topological polar surface area (TPSA) is 26.0 Å². The van der Waals surface area contributed by atoms with Gasteiger partial charge in [-0.05, 0) is 6.42 Å². The van der Waals surface area contributed by atoms with Crippen LogP contribution < -0.4 is 63.9 Å². The van der Waals surface area contributed by atoms with Crippen LogP contribution in [-0.2, 0) is 12.8 Å². The van der Waals surface area contributed by atoms with Crippen LogP contribution in [0.15, 0.2) is 6.07 Å². The van der Waals surface area contributed by atoms with Crippen molar-refractivity contribution in [3.8, 4) is 0 Å². The van der Waals surface area contributed by atoms with Gasteiger partial charge in [-0.15, -0.1) is 17.2 Å². The molecule has 0 bridgehead atoms. The number of benzene rings is 1. The van der Waals surface area contributed by atoms with Gasteiger partial charge in [0.25, 0.3) is 0 Å². The first-order valence-electron chi connectivity index (χ1n) is 3.76. The molecule has 2 N–H and O–H groups in total. The average Bonchev–Trinajstić information content (AvgIpc) is 2.45. The Balaban J connectivity index is 0.000000720. The fraction of sp³-hybridized carbons (Fsp3) is 0.333. The molecule has 3 heteroatoms. The van der Waals surface area contributed by atoms with Gasteiger partial charge in [0.1, 0.15) is 0 Å². The maximum atomic E-state index is 13.0. The molecule has 2 rings (SSSR count). The minimum Gasteiger partial charge on any atom is -0.420 e. The van der Waals surface area contributed by atoms with Crippen molar-refractivity contribution in [2.75, 3.05) is 5.73 Å². The van der Waals surface area contributed by atoms with Crippen molar-refractivity contribution >= 4 is 5.69 Å². The molecule has 1 aromatic rings. The molecule has 1 aromatic carbocycles. The molecule has 0 radical (unpaired) electrons. The maximum Gasteiger partial charge on any atom is 1.00 e. The predicted molar refractivity (Wildman–Crippen MR) is 41.7 cm³/mol. The van der Waals surface area contributed by atoms with Crippen LogP contribution >= 0.6 is 0 Å². The predicted octanol–water partition coefficient (Wildman–Crippen LogP) is -1.30. The molecular weight excluding hydrogens is 227 g/mol. The van der Waals surface area contributed by atoms with Crippen molar-refractivity contribution in [2.24, 2.45) is 0 Å². The summed E-state index contributed by atoms with van der Waals surface area (Å²) in [6.45, 7) is 0. The molecule has 0 spiro atoms. The quantitative estimate of drug-likeness (QED) is 0.439. The summed E-state index contributed by atoms with van der Waals surface area (Å²) in [6, 6.07) is 4.04. The summed E-state index contributed by atoms with van der Waals surface area (Å²) in [5.74, 6) is -0.147. The number of rotatable bonds is 0. The molecule has 1 aliphatic carbocycles. The summed E-state index contributed by atoms with van der Waals surface area (Å²) in [6.07, 6.45) is 2.77. The second-order valence-corrected chi connectivity index (χ2v) is 2.86. The van der Waals surface area contributed by atoms with Gasteiger partial charge in [0, 0.05) is 5.82 Å². The van der Waals surface area contributed by atoms with Crippen LogP contribution in [-0.4, -0.2) is 0 Å². The van der Waals surface area contributed by atoms with Crippen molar-refractivity contribution in [2.45, 2.75) is 19.3 Å². The summed E-state index contributed by atoms with van der Waals surface area (Å²) in [5, 5.41) is 0. The summed E-state index contributed by atoms with van der Waals surface area (Å²) >= 11 is 0. The van der Waals surface area contributed by atoms with Crippen molar-refractivity contribution in [3.05, 3.63) is 29.1 Å². The third kappa shape index (κ3) is 1.81. The second-order valence-electron chi connectivity index (χ2n) is 2.86. The number of fused-ring (bicyclic) bond motifs is 1. The van der Waals surface area contributed by atoms with Gasteiger partial charge in [-0.3, -0.25) is 4.39 Å². The average molecular weight is 236 g/mol. The molecule has 0 saturated heterocycles. The standard InChI is InChI=1S/C9H9FN.Rb/c10-8-4-5-9(11)7-3-1-2-6(7)8;/h4H,1-3,11H2;/q-1;+1. The maximum absolute atomic E-state index is 13.0. The van der Waals surface area contributed by atoms with E-state index in [-0.39, 0.29) is 64.0 Å². The van der Waals surface area contributed by atoms with Crippen LogP contribution in [0.2, 0.25) is 0 Å². The number of halogens is 1. The number of anilines is 1. The third-order valence-electron chi connectivity index (χ3n) is 2.19. The number of hydrogen-bond acceptors (Lipinski definition) is 1. The smallest absolute Gasteiger partial charge is 0.420 e. The van der Waals surface area contributed by atoms with E-state index >= 15 is 0 Å². The van der Waals surface area contributed by atoms with Gasteiger partial charge < -0.3 is 5.73 Å². The Hall–Kier alpha value is 0.755. The Bertz CT molecular complexity index is 270. The van der Waals surface area contributed by atoms with E-state index < -0.39 is 0 Å². The number of nitrogen functional groups attached to an aromatic ring is 1. The van der Waals surface area contributed by atoms with Crippen molar-refractivity contribution in [3.63, 3.8) is 0 Å². The van der Waals surface area contributed by atoms with Gasteiger partial charge >= 0.3 is 58.2 Å². The van der Waals surface area contributed by atoms with Crippen LogP contribution in [0.5, 0.6) is 0 Å². The molecule has 0 heterocycles. The van der Waals surface area contributed by atoms with E-state index in [2.05, 4.69) is 6.07 Å². The van der Waals surface area contributed by atoms with Crippen LogP contribution in [0.25, 0.3) is 0 Å². The zero-order valence-corrected chi connectivity index (χ0v) is 12.1. The molecule has 0 unspecified atom stereocenters. The molecular formula is C9H9FNRb. The minimum absolute atomic E-state index is 0. The zero-order chi connectivity index (χ0) is 7.84. The van der Waals surface area contributed by atoms with Crippen LogP contribution in [0, 0.1) is 11.9 Å². The third-order valence-corrected chi connectivity index (χ3v) is 2.19. The first-order chi connectivity index (χ1) is 5.29. The zero-order valence-electron chi connectivity index (χ0n) is 7.15. The molecule has 0 amide bonds. The van der Waals surface area contributed by atoms with Gasteiger partial charge in [-0.2, -0.15) is 6.07 Å².